The molecule has 0 unspecified atom stereocenters. The number of hydrogen-bond acceptors (Lipinski definition) is 6. The first-order valence-corrected chi connectivity index (χ1v) is 10.9. The van der Waals surface area contributed by atoms with Crippen LogP contribution in [0.15, 0.2) is 53.9 Å². The SMILES string of the molecule is CCN(Cc1ccccc1)c1nc(Cl)nc2scc(-c3ccc(OC)c(OC)c3)c12. The van der Waals surface area contributed by atoms with Gasteiger partial charge in [0.1, 0.15) is 10.6 Å². The van der Waals surface area contributed by atoms with Gasteiger partial charge in [0.2, 0.25) is 5.28 Å². The molecule has 154 valence electrons. The van der Waals surface area contributed by atoms with Crippen LogP contribution < -0.4 is 14.4 Å². The second-order valence-corrected chi connectivity index (χ2v) is 7.91. The molecule has 4 rings (SSSR count). The van der Waals surface area contributed by atoms with E-state index in [1.165, 1.54) is 5.56 Å². The van der Waals surface area contributed by atoms with Crippen molar-refractivity contribution in [3.8, 4) is 22.6 Å². The molecule has 0 saturated heterocycles. The molecule has 30 heavy (non-hydrogen) atoms. The highest BCUT2D eigenvalue weighted by Crippen LogP contribution is 2.41. The molecule has 5 nitrogen and oxygen atoms in total. The molecule has 0 spiro atoms. The van der Waals surface area contributed by atoms with Crippen molar-refractivity contribution in [3.05, 3.63) is 64.8 Å². The Hall–Kier alpha value is -2.83. The average molecular weight is 440 g/mol. The van der Waals surface area contributed by atoms with Crippen LogP contribution in [-0.4, -0.2) is 30.7 Å². The first-order valence-electron chi connectivity index (χ1n) is 9.60. The zero-order chi connectivity index (χ0) is 21.1. The molecular formula is C23H22ClN3O2S. The number of methoxy groups -OCH3 is 2. The number of halogens is 1. The molecule has 7 heteroatoms. The van der Waals surface area contributed by atoms with Crippen LogP contribution in [0.2, 0.25) is 5.28 Å². The molecule has 2 aromatic heterocycles. The van der Waals surface area contributed by atoms with Gasteiger partial charge in [0.25, 0.3) is 0 Å². The summed E-state index contributed by atoms with van der Waals surface area (Å²) in [5.41, 5.74) is 3.28. The molecule has 0 N–H and O–H groups in total. The lowest BCUT2D eigenvalue weighted by Crippen LogP contribution is -2.23. The zero-order valence-corrected chi connectivity index (χ0v) is 18.6. The third-order valence-electron chi connectivity index (χ3n) is 4.98. The molecule has 0 aliphatic carbocycles. The van der Waals surface area contributed by atoms with Crippen molar-refractivity contribution in [2.24, 2.45) is 0 Å². The number of fused-ring (bicyclic) bond motifs is 1. The molecule has 0 fully saturated rings. The number of anilines is 1. The summed E-state index contributed by atoms with van der Waals surface area (Å²) < 4.78 is 10.9. The van der Waals surface area contributed by atoms with Gasteiger partial charge in [-0.2, -0.15) is 4.98 Å². The highest BCUT2D eigenvalue weighted by atomic mass is 35.5. The van der Waals surface area contributed by atoms with E-state index < -0.39 is 0 Å². The molecule has 0 saturated carbocycles. The second kappa shape index (κ2) is 8.90. The van der Waals surface area contributed by atoms with Crippen LogP contribution in [0.1, 0.15) is 12.5 Å². The van der Waals surface area contributed by atoms with Crippen LogP contribution in [0.5, 0.6) is 11.5 Å². The third kappa shape index (κ3) is 3.93. The van der Waals surface area contributed by atoms with E-state index in [1.807, 2.05) is 36.4 Å². The predicted octanol–water partition coefficient (Wildman–Crippen LogP) is 6.06. The van der Waals surface area contributed by atoms with E-state index in [1.54, 1.807) is 25.6 Å². The molecule has 0 bridgehead atoms. The van der Waals surface area contributed by atoms with Gasteiger partial charge in [0, 0.05) is 24.0 Å². The minimum Gasteiger partial charge on any atom is -0.493 e. The van der Waals surface area contributed by atoms with Gasteiger partial charge in [-0.15, -0.1) is 11.3 Å². The van der Waals surface area contributed by atoms with Gasteiger partial charge in [-0.3, -0.25) is 0 Å². The van der Waals surface area contributed by atoms with Gasteiger partial charge >= 0.3 is 0 Å². The van der Waals surface area contributed by atoms with Gasteiger partial charge in [-0.05, 0) is 41.8 Å². The summed E-state index contributed by atoms with van der Waals surface area (Å²) in [6.07, 6.45) is 0. The standard InChI is InChI=1S/C23H22ClN3O2S/c1-4-27(13-15-8-6-5-7-9-15)21-20-17(14-30-22(20)26-23(24)25-21)16-10-11-18(28-2)19(12-16)29-3/h5-12,14H,4,13H2,1-3H3. The zero-order valence-electron chi connectivity index (χ0n) is 17.1. The van der Waals surface area contributed by atoms with Gasteiger partial charge in [0.15, 0.2) is 11.5 Å². The Bertz CT molecular complexity index is 1160. The van der Waals surface area contributed by atoms with Crippen molar-refractivity contribution >= 4 is 39.0 Å². The molecule has 0 amide bonds. The van der Waals surface area contributed by atoms with Crippen LogP contribution in [-0.2, 0) is 6.54 Å². The van der Waals surface area contributed by atoms with E-state index >= 15 is 0 Å². The minimum absolute atomic E-state index is 0.254. The summed E-state index contributed by atoms with van der Waals surface area (Å²) in [6.45, 7) is 3.65. The highest BCUT2D eigenvalue weighted by Gasteiger charge is 2.20. The first-order chi connectivity index (χ1) is 14.6. The maximum absolute atomic E-state index is 6.29. The summed E-state index contributed by atoms with van der Waals surface area (Å²) in [4.78, 5) is 12.2. The van der Waals surface area contributed by atoms with Crippen LogP contribution in [0.25, 0.3) is 21.3 Å². The molecule has 4 aromatic rings. The van der Waals surface area contributed by atoms with Gasteiger partial charge < -0.3 is 14.4 Å². The monoisotopic (exact) mass is 439 g/mol. The lowest BCUT2D eigenvalue weighted by atomic mass is 10.0. The summed E-state index contributed by atoms with van der Waals surface area (Å²) >= 11 is 7.85. The predicted molar refractivity (Wildman–Crippen MR) is 124 cm³/mol. The summed E-state index contributed by atoms with van der Waals surface area (Å²) in [5.74, 6) is 2.21. The van der Waals surface area contributed by atoms with Gasteiger partial charge in [0.05, 0.1) is 19.6 Å². The van der Waals surface area contributed by atoms with Crippen LogP contribution in [0.3, 0.4) is 0 Å². The molecular weight excluding hydrogens is 418 g/mol. The second-order valence-electron chi connectivity index (χ2n) is 6.72. The van der Waals surface area contributed by atoms with Crippen molar-refractivity contribution in [2.75, 3.05) is 25.7 Å². The number of rotatable bonds is 7. The lowest BCUT2D eigenvalue weighted by Gasteiger charge is -2.23. The van der Waals surface area contributed by atoms with E-state index in [0.717, 1.165) is 40.3 Å². The summed E-state index contributed by atoms with van der Waals surface area (Å²) in [6, 6.07) is 16.3. The minimum atomic E-state index is 0.254. The summed E-state index contributed by atoms with van der Waals surface area (Å²) in [5, 5.41) is 3.34. The number of nitrogens with zero attached hydrogens (tertiary/aromatic N) is 3. The fourth-order valence-electron chi connectivity index (χ4n) is 3.48. The van der Waals surface area contributed by atoms with Gasteiger partial charge in [-0.1, -0.05) is 36.4 Å². The number of thiophene rings is 1. The number of ether oxygens (including phenoxy) is 2. The summed E-state index contributed by atoms with van der Waals surface area (Å²) in [7, 11) is 3.27. The maximum Gasteiger partial charge on any atom is 0.225 e. The lowest BCUT2D eigenvalue weighted by molar-refractivity contribution is 0.355. The number of aromatic nitrogens is 2. The van der Waals surface area contributed by atoms with Crippen molar-refractivity contribution < 1.29 is 9.47 Å². The van der Waals surface area contributed by atoms with E-state index in [-0.39, 0.29) is 5.28 Å². The fourth-order valence-corrected chi connectivity index (χ4v) is 4.64. The van der Waals surface area contributed by atoms with Crippen molar-refractivity contribution in [2.45, 2.75) is 13.5 Å². The first kappa shape index (κ1) is 20.4. The normalized spacial score (nSPS) is 10.9. The maximum atomic E-state index is 6.29. The third-order valence-corrected chi connectivity index (χ3v) is 6.02. The molecule has 2 heterocycles. The Morgan fingerprint density at radius 3 is 2.47 bits per heavy atom. The number of benzene rings is 2. The molecule has 0 aliphatic heterocycles. The Kier molecular flexibility index (Phi) is 6.06. The Labute approximate surface area is 184 Å². The number of hydrogen-bond donors (Lipinski definition) is 0. The molecule has 0 aliphatic rings. The molecule has 0 radical (unpaired) electrons. The van der Waals surface area contributed by atoms with Crippen LogP contribution >= 0.6 is 22.9 Å². The van der Waals surface area contributed by atoms with Crippen molar-refractivity contribution in [3.63, 3.8) is 0 Å². The smallest absolute Gasteiger partial charge is 0.225 e. The van der Waals surface area contributed by atoms with Crippen LogP contribution in [0, 0.1) is 0 Å². The Morgan fingerprint density at radius 1 is 1.00 bits per heavy atom. The van der Waals surface area contributed by atoms with Gasteiger partial charge in [-0.25, -0.2) is 4.98 Å². The highest BCUT2D eigenvalue weighted by molar-refractivity contribution is 7.17. The Balaban J connectivity index is 1.86. The quantitative estimate of drug-likeness (QED) is 0.328. The largest absolute Gasteiger partial charge is 0.493 e. The van der Waals surface area contributed by atoms with E-state index in [2.05, 4.69) is 39.3 Å². The Morgan fingerprint density at radius 2 is 1.77 bits per heavy atom. The van der Waals surface area contributed by atoms with Crippen LogP contribution in [0.4, 0.5) is 5.82 Å². The average Bonchev–Trinajstić information content (AvgIpc) is 3.21. The van der Waals surface area contributed by atoms with E-state index in [0.29, 0.717) is 11.5 Å². The topological polar surface area (TPSA) is 47.5 Å². The van der Waals surface area contributed by atoms with E-state index in [9.17, 15) is 0 Å². The molecule has 2 aromatic carbocycles. The van der Waals surface area contributed by atoms with E-state index in [4.69, 9.17) is 21.1 Å². The molecule has 0 atom stereocenters. The fraction of sp³-hybridized carbons (Fsp3) is 0.217. The van der Waals surface area contributed by atoms with Crippen molar-refractivity contribution in [1.29, 1.82) is 0 Å². The van der Waals surface area contributed by atoms with Crippen molar-refractivity contribution in [1.82, 2.24) is 9.97 Å².